The molecule has 146 valence electrons. The minimum atomic E-state index is 0.601. The fourth-order valence-electron chi connectivity index (χ4n) is 2.61. The number of benzene rings is 2. The van der Waals surface area contributed by atoms with Crippen molar-refractivity contribution in [3.8, 4) is 23.0 Å². The maximum absolute atomic E-state index is 5.39. The standard InChI is InChI=1S/C20H22N4O4/c1-25-14-6-8-16(26-2)15(10-14)24-20-11-19(21-12-22-20)23-13-5-7-17(27-3)18(9-13)28-4/h5-12H,1-4H3,(H2,21,22,23,24). The molecule has 0 saturated carbocycles. The molecular weight excluding hydrogens is 360 g/mol. The molecule has 0 fully saturated rings. The van der Waals surface area contributed by atoms with E-state index in [4.69, 9.17) is 18.9 Å². The maximum Gasteiger partial charge on any atom is 0.162 e. The van der Waals surface area contributed by atoms with Gasteiger partial charge in [-0.1, -0.05) is 0 Å². The first kappa shape index (κ1) is 19.1. The van der Waals surface area contributed by atoms with Crippen molar-refractivity contribution in [2.45, 2.75) is 0 Å². The van der Waals surface area contributed by atoms with Crippen LogP contribution in [0.3, 0.4) is 0 Å². The smallest absolute Gasteiger partial charge is 0.162 e. The van der Waals surface area contributed by atoms with Crippen molar-refractivity contribution in [2.75, 3.05) is 39.1 Å². The van der Waals surface area contributed by atoms with Crippen LogP contribution in [0.4, 0.5) is 23.0 Å². The molecule has 0 radical (unpaired) electrons. The predicted molar refractivity (Wildman–Crippen MR) is 108 cm³/mol. The van der Waals surface area contributed by atoms with Crippen LogP contribution in [0.25, 0.3) is 0 Å². The predicted octanol–water partition coefficient (Wildman–Crippen LogP) is 4.00. The van der Waals surface area contributed by atoms with E-state index in [0.717, 1.165) is 11.4 Å². The van der Waals surface area contributed by atoms with E-state index in [1.54, 1.807) is 34.5 Å². The summed E-state index contributed by atoms with van der Waals surface area (Å²) in [5, 5.41) is 6.45. The van der Waals surface area contributed by atoms with Gasteiger partial charge in [0.05, 0.1) is 34.1 Å². The van der Waals surface area contributed by atoms with Crippen LogP contribution in [0, 0.1) is 0 Å². The van der Waals surface area contributed by atoms with E-state index in [9.17, 15) is 0 Å². The molecule has 3 rings (SSSR count). The Balaban J connectivity index is 1.81. The van der Waals surface area contributed by atoms with Gasteiger partial charge in [-0.25, -0.2) is 9.97 Å². The number of hydrogen-bond donors (Lipinski definition) is 2. The van der Waals surface area contributed by atoms with Gasteiger partial charge in [-0.2, -0.15) is 0 Å². The highest BCUT2D eigenvalue weighted by atomic mass is 16.5. The van der Waals surface area contributed by atoms with Crippen LogP contribution in [0.5, 0.6) is 23.0 Å². The lowest BCUT2D eigenvalue weighted by Crippen LogP contribution is -2.00. The van der Waals surface area contributed by atoms with E-state index in [-0.39, 0.29) is 0 Å². The van der Waals surface area contributed by atoms with Gasteiger partial charge in [0.15, 0.2) is 11.5 Å². The van der Waals surface area contributed by atoms with Crippen molar-refractivity contribution in [3.05, 3.63) is 48.8 Å². The van der Waals surface area contributed by atoms with Gasteiger partial charge in [0.1, 0.15) is 29.5 Å². The molecule has 0 spiro atoms. The molecule has 8 nitrogen and oxygen atoms in total. The molecule has 0 aliphatic heterocycles. The maximum atomic E-state index is 5.39. The lowest BCUT2D eigenvalue weighted by Gasteiger charge is -2.13. The Morgan fingerprint density at radius 1 is 0.643 bits per heavy atom. The van der Waals surface area contributed by atoms with E-state index in [2.05, 4.69) is 20.6 Å². The van der Waals surface area contributed by atoms with Gasteiger partial charge < -0.3 is 29.6 Å². The molecule has 1 aromatic heterocycles. The molecule has 3 aromatic rings. The lowest BCUT2D eigenvalue weighted by molar-refractivity contribution is 0.355. The van der Waals surface area contributed by atoms with Gasteiger partial charge >= 0.3 is 0 Å². The van der Waals surface area contributed by atoms with Gasteiger partial charge in [-0.05, 0) is 24.3 Å². The molecule has 2 aromatic carbocycles. The van der Waals surface area contributed by atoms with Crippen molar-refractivity contribution in [3.63, 3.8) is 0 Å². The van der Waals surface area contributed by atoms with Gasteiger partial charge in [-0.15, -0.1) is 0 Å². The number of nitrogens with one attached hydrogen (secondary N) is 2. The lowest BCUT2D eigenvalue weighted by atomic mass is 10.2. The molecule has 1 heterocycles. The second-order valence-electron chi connectivity index (χ2n) is 5.67. The van der Waals surface area contributed by atoms with Crippen molar-refractivity contribution in [1.82, 2.24) is 9.97 Å². The summed E-state index contributed by atoms with van der Waals surface area (Å²) >= 11 is 0. The van der Waals surface area contributed by atoms with Crippen LogP contribution in [-0.4, -0.2) is 38.4 Å². The van der Waals surface area contributed by atoms with Crippen molar-refractivity contribution in [2.24, 2.45) is 0 Å². The number of nitrogens with zero attached hydrogens (tertiary/aromatic N) is 2. The molecule has 28 heavy (non-hydrogen) atoms. The minimum Gasteiger partial charge on any atom is -0.497 e. The minimum absolute atomic E-state index is 0.601. The number of rotatable bonds is 8. The Kier molecular flexibility index (Phi) is 6.01. The summed E-state index contributed by atoms with van der Waals surface area (Å²) in [7, 11) is 6.41. The number of aromatic nitrogens is 2. The second-order valence-corrected chi connectivity index (χ2v) is 5.67. The van der Waals surface area contributed by atoms with Crippen LogP contribution in [-0.2, 0) is 0 Å². The molecule has 2 N–H and O–H groups in total. The first-order chi connectivity index (χ1) is 13.7. The Hall–Kier alpha value is -3.68. The zero-order valence-electron chi connectivity index (χ0n) is 16.1. The highest BCUT2D eigenvalue weighted by Gasteiger charge is 2.09. The van der Waals surface area contributed by atoms with Crippen molar-refractivity contribution >= 4 is 23.0 Å². The third-order valence-electron chi connectivity index (χ3n) is 3.99. The average molecular weight is 382 g/mol. The molecule has 0 amide bonds. The molecule has 0 saturated heterocycles. The first-order valence-corrected chi connectivity index (χ1v) is 8.47. The van der Waals surface area contributed by atoms with Crippen molar-refractivity contribution in [1.29, 1.82) is 0 Å². The van der Waals surface area contributed by atoms with E-state index in [0.29, 0.717) is 34.6 Å². The Morgan fingerprint density at radius 3 is 2.00 bits per heavy atom. The van der Waals surface area contributed by atoms with Crippen molar-refractivity contribution < 1.29 is 18.9 Å². The summed E-state index contributed by atoms with van der Waals surface area (Å²) in [5.41, 5.74) is 1.54. The van der Waals surface area contributed by atoms with Crippen LogP contribution in [0.15, 0.2) is 48.8 Å². The molecule has 0 atom stereocenters. The summed E-state index contributed by atoms with van der Waals surface area (Å²) in [6.45, 7) is 0. The van der Waals surface area contributed by atoms with Crippen LogP contribution >= 0.6 is 0 Å². The third-order valence-corrected chi connectivity index (χ3v) is 3.99. The number of hydrogen-bond acceptors (Lipinski definition) is 8. The summed E-state index contributed by atoms with van der Waals surface area (Å²) in [6, 6.07) is 12.8. The second kappa shape index (κ2) is 8.81. The highest BCUT2D eigenvalue weighted by Crippen LogP contribution is 2.33. The largest absolute Gasteiger partial charge is 0.497 e. The molecule has 0 aliphatic rings. The molecule has 0 aliphatic carbocycles. The van der Waals surface area contributed by atoms with Gasteiger partial charge in [0.2, 0.25) is 0 Å². The zero-order chi connectivity index (χ0) is 19.9. The molecule has 8 heteroatoms. The zero-order valence-corrected chi connectivity index (χ0v) is 16.1. The van der Waals surface area contributed by atoms with Crippen LogP contribution in [0.2, 0.25) is 0 Å². The monoisotopic (exact) mass is 382 g/mol. The van der Waals surface area contributed by atoms with Crippen LogP contribution in [0.1, 0.15) is 0 Å². The SMILES string of the molecule is COc1ccc(OC)c(Nc2cc(Nc3ccc(OC)c(OC)c3)ncn2)c1. The van der Waals surface area contributed by atoms with Gasteiger partial charge in [0.25, 0.3) is 0 Å². The average Bonchev–Trinajstić information content (AvgIpc) is 2.73. The van der Waals surface area contributed by atoms with Crippen LogP contribution < -0.4 is 29.6 Å². The summed E-state index contributed by atoms with van der Waals surface area (Å²) < 4.78 is 21.2. The normalized spacial score (nSPS) is 10.1. The Labute approximate surface area is 163 Å². The summed E-state index contributed by atoms with van der Waals surface area (Å²) in [5.74, 6) is 3.88. The highest BCUT2D eigenvalue weighted by molar-refractivity contribution is 5.69. The Bertz CT molecular complexity index is 949. The van der Waals surface area contributed by atoms with E-state index >= 15 is 0 Å². The quantitative estimate of drug-likeness (QED) is 0.605. The number of ether oxygens (including phenoxy) is 4. The number of methoxy groups -OCH3 is 4. The summed E-state index contributed by atoms with van der Waals surface area (Å²) in [6.07, 6.45) is 1.47. The molecule has 0 bridgehead atoms. The van der Waals surface area contributed by atoms with Gasteiger partial charge in [-0.3, -0.25) is 0 Å². The number of anilines is 4. The van der Waals surface area contributed by atoms with E-state index in [1.165, 1.54) is 6.33 Å². The fraction of sp³-hybridized carbons (Fsp3) is 0.200. The van der Waals surface area contributed by atoms with E-state index in [1.807, 2.05) is 36.4 Å². The molecular formula is C20H22N4O4. The van der Waals surface area contributed by atoms with Gasteiger partial charge in [0, 0.05) is 23.9 Å². The Morgan fingerprint density at radius 2 is 1.32 bits per heavy atom. The summed E-state index contributed by atoms with van der Waals surface area (Å²) in [4.78, 5) is 8.53. The third kappa shape index (κ3) is 4.35. The van der Waals surface area contributed by atoms with E-state index < -0.39 is 0 Å². The topological polar surface area (TPSA) is 86.8 Å². The first-order valence-electron chi connectivity index (χ1n) is 8.47. The fourth-order valence-corrected chi connectivity index (χ4v) is 2.61. The molecule has 0 unspecified atom stereocenters.